The van der Waals surface area contributed by atoms with Gasteiger partial charge in [0.2, 0.25) is 0 Å². The molecule has 2 atom stereocenters. The number of hydrogen-bond acceptors (Lipinski definition) is 2. The van der Waals surface area contributed by atoms with Crippen molar-refractivity contribution < 1.29 is 0 Å². The smallest absolute Gasteiger partial charge is 0.0124 e. The summed E-state index contributed by atoms with van der Waals surface area (Å²) >= 11 is 0. The maximum atomic E-state index is 3.66. The van der Waals surface area contributed by atoms with Crippen LogP contribution < -0.4 is 5.32 Å². The molecule has 0 amide bonds. The van der Waals surface area contributed by atoms with Gasteiger partial charge in [-0.05, 0) is 56.0 Å². The molecule has 2 nitrogen and oxygen atoms in total. The lowest BCUT2D eigenvalue weighted by Gasteiger charge is -2.47. The molecule has 20 heavy (non-hydrogen) atoms. The first-order valence-corrected chi connectivity index (χ1v) is 8.93. The first-order chi connectivity index (χ1) is 9.48. The second kappa shape index (κ2) is 7.26. The van der Waals surface area contributed by atoms with Crippen LogP contribution in [0, 0.1) is 17.3 Å². The molecule has 0 aromatic carbocycles. The lowest BCUT2D eigenvalue weighted by molar-refractivity contribution is 0.0319. The van der Waals surface area contributed by atoms with Crippen molar-refractivity contribution in [3.63, 3.8) is 0 Å². The van der Waals surface area contributed by atoms with Crippen molar-refractivity contribution in [2.75, 3.05) is 26.2 Å². The Kier molecular flexibility index (Phi) is 5.92. The minimum Gasteiger partial charge on any atom is -0.316 e. The van der Waals surface area contributed by atoms with Gasteiger partial charge in [-0.1, -0.05) is 40.5 Å². The SMILES string of the molecule is CC(C)CNCC(C)(C)CN1CCCC2CCCCC21. The molecule has 2 heteroatoms. The monoisotopic (exact) mass is 280 g/mol. The third kappa shape index (κ3) is 4.73. The van der Waals surface area contributed by atoms with Gasteiger partial charge in [-0.3, -0.25) is 4.90 Å². The summed E-state index contributed by atoms with van der Waals surface area (Å²) in [6, 6.07) is 0.905. The Balaban J connectivity index is 1.83. The minimum absolute atomic E-state index is 0.397. The third-order valence-corrected chi connectivity index (χ3v) is 5.15. The molecule has 1 heterocycles. The van der Waals surface area contributed by atoms with Gasteiger partial charge in [-0.15, -0.1) is 0 Å². The molecule has 0 bridgehead atoms. The highest BCUT2D eigenvalue weighted by atomic mass is 15.2. The molecule has 1 aliphatic heterocycles. The molecule has 0 radical (unpaired) electrons. The number of nitrogens with one attached hydrogen (secondary N) is 1. The van der Waals surface area contributed by atoms with Crippen LogP contribution in [-0.2, 0) is 0 Å². The molecule has 1 saturated carbocycles. The van der Waals surface area contributed by atoms with E-state index in [9.17, 15) is 0 Å². The summed E-state index contributed by atoms with van der Waals surface area (Å²) in [5, 5.41) is 3.66. The Hall–Kier alpha value is -0.0800. The second-order valence-corrected chi connectivity index (χ2v) is 8.41. The topological polar surface area (TPSA) is 15.3 Å². The molecule has 0 aromatic rings. The van der Waals surface area contributed by atoms with Gasteiger partial charge in [0.15, 0.2) is 0 Å². The fourth-order valence-corrected chi connectivity index (χ4v) is 4.23. The largest absolute Gasteiger partial charge is 0.316 e. The molecule has 1 saturated heterocycles. The highest BCUT2D eigenvalue weighted by Crippen LogP contribution is 2.36. The summed E-state index contributed by atoms with van der Waals surface area (Å²) in [5.74, 6) is 1.76. The molecule has 0 spiro atoms. The standard InChI is InChI=1S/C18H36N2/c1-15(2)12-19-13-18(3,4)14-20-11-7-9-16-8-5-6-10-17(16)20/h15-17,19H,5-14H2,1-4H3. The summed E-state index contributed by atoms with van der Waals surface area (Å²) in [4.78, 5) is 2.84. The van der Waals surface area contributed by atoms with Crippen molar-refractivity contribution in [2.45, 2.75) is 72.3 Å². The third-order valence-electron chi connectivity index (χ3n) is 5.15. The van der Waals surface area contributed by atoms with Crippen LogP contribution in [0.2, 0.25) is 0 Å². The highest BCUT2D eigenvalue weighted by Gasteiger charge is 2.35. The first-order valence-electron chi connectivity index (χ1n) is 8.93. The van der Waals surface area contributed by atoms with E-state index < -0.39 is 0 Å². The van der Waals surface area contributed by atoms with E-state index in [0.717, 1.165) is 31.0 Å². The summed E-state index contributed by atoms with van der Waals surface area (Å²) in [7, 11) is 0. The van der Waals surface area contributed by atoms with Gasteiger partial charge < -0.3 is 5.32 Å². The lowest BCUT2D eigenvalue weighted by Crippen LogP contribution is -2.51. The van der Waals surface area contributed by atoms with Crippen LogP contribution in [-0.4, -0.2) is 37.1 Å². The van der Waals surface area contributed by atoms with E-state index in [2.05, 4.69) is 37.9 Å². The molecular weight excluding hydrogens is 244 g/mol. The van der Waals surface area contributed by atoms with Gasteiger partial charge in [0, 0.05) is 19.1 Å². The Bertz CT molecular complexity index is 283. The van der Waals surface area contributed by atoms with Gasteiger partial charge in [-0.25, -0.2) is 0 Å². The predicted molar refractivity (Wildman–Crippen MR) is 88.0 cm³/mol. The molecule has 1 aliphatic carbocycles. The zero-order chi connectivity index (χ0) is 14.6. The van der Waals surface area contributed by atoms with E-state index in [0.29, 0.717) is 5.41 Å². The van der Waals surface area contributed by atoms with Gasteiger partial charge >= 0.3 is 0 Å². The fraction of sp³-hybridized carbons (Fsp3) is 1.00. The lowest BCUT2D eigenvalue weighted by atomic mass is 9.77. The van der Waals surface area contributed by atoms with E-state index in [-0.39, 0.29) is 0 Å². The maximum Gasteiger partial charge on any atom is 0.0124 e. The number of hydrogen-bond donors (Lipinski definition) is 1. The van der Waals surface area contributed by atoms with Crippen LogP contribution in [0.3, 0.4) is 0 Å². The number of likely N-dealkylation sites (tertiary alicyclic amines) is 1. The minimum atomic E-state index is 0.397. The zero-order valence-electron chi connectivity index (χ0n) is 14.3. The zero-order valence-corrected chi connectivity index (χ0v) is 14.3. The predicted octanol–water partition coefficient (Wildman–Crippen LogP) is 3.91. The van der Waals surface area contributed by atoms with Crippen molar-refractivity contribution in [1.82, 2.24) is 10.2 Å². The summed E-state index contributed by atoms with van der Waals surface area (Å²) in [5.41, 5.74) is 0.397. The maximum absolute atomic E-state index is 3.66. The normalized spacial score (nSPS) is 28.6. The van der Waals surface area contributed by atoms with Gasteiger partial charge in [0.1, 0.15) is 0 Å². The Labute approximate surface area is 126 Å². The van der Waals surface area contributed by atoms with Crippen molar-refractivity contribution in [3.8, 4) is 0 Å². The van der Waals surface area contributed by atoms with E-state index in [4.69, 9.17) is 0 Å². The van der Waals surface area contributed by atoms with Gasteiger partial charge in [-0.2, -0.15) is 0 Å². The molecule has 0 aromatic heterocycles. The molecule has 1 N–H and O–H groups in total. The van der Waals surface area contributed by atoms with Crippen LogP contribution in [0.25, 0.3) is 0 Å². The van der Waals surface area contributed by atoms with Crippen LogP contribution in [0.5, 0.6) is 0 Å². The quantitative estimate of drug-likeness (QED) is 0.793. The Morgan fingerprint density at radius 3 is 2.55 bits per heavy atom. The van der Waals surface area contributed by atoms with Crippen LogP contribution in [0.1, 0.15) is 66.2 Å². The van der Waals surface area contributed by atoms with E-state index >= 15 is 0 Å². The van der Waals surface area contributed by atoms with Gasteiger partial charge in [0.25, 0.3) is 0 Å². The fourth-order valence-electron chi connectivity index (χ4n) is 4.23. The molecular formula is C18H36N2. The van der Waals surface area contributed by atoms with Crippen molar-refractivity contribution in [3.05, 3.63) is 0 Å². The second-order valence-electron chi connectivity index (χ2n) is 8.41. The van der Waals surface area contributed by atoms with E-state index in [1.165, 1.54) is 51.6 Å². The average molecular weight is 280 g/mol. The summed E-state index contributed by atoms with van der Waals surface area (Å²) < 4.78 is 0. The first kappa shape index (κ1) is 16.3. The molecule has 2 aliphatic rings. The Morgan fingerprint density at radius 1 is 1.10 bits per heavy atom. The van der Waals surface area contributed by atoms with E-state index in [1.807, 2.05) is 0 Å². The average Bonchev–Trinajstić information content (AvgIpc) is 2.38. The van der Waals surface area contributed by atoms with Crippen LogP contribution >= 0.6 is 0 Å². The molecule has 2 rings (SSSR count). The molecule has 2 unspecified atom stereocenters. The molecule has 118 valence electrons. The summed E-state index contributed by atoms with van der Waals surface area (Å²) in [6.45, 7) is 14.4. The molecule has 2 fully saturated rings. The van der Waals surface area contributed by atoms with Crippen LogP contribution in [0.15, 0.2) is 0 Å². The summed E-state index contributed by atoms with van der Waals surface area (Å²) in [6.07, 6.45) is 8.81. The number of rotatable bonds is 6. The highest BCUT2D eigenvalue weighted by molar-refractivity contribution is 4.90. The van der Waals surface area contributed by atoms with E-state index in [1.54, 1.807) is 0 Å². The van der Waals surface area contributed by atoms with Crippen LogP contribution in [0.4, 0.5) is 0 Å². The van der Waals surface area contributed by atoms with Crippen molar-refractivity contribution >= 4 is 0 Å². The number of piperidine rings is 1. The Morgan fingerprint density at radius 2 is 1.80 bits per heavy atom. The van der Waals surface area contributed by atoms with Crippen molar-refractivity contribution in [2.24, 2.45) is 17.3 Å². The van der Waals surface area contributed by atoms with Crippen molar-refractivity contribution in [1.29, 1.82) is 0 Å². The van der Waals surface area contributed by atoms with Gasteiger partial charge in [0.05, 0.1) is 0 Å². The number of fused-ring (bicyclic) bond motifs is 1. The number of nitrogens with zero attached hydrogens (tertiary/aromatic N) is 1.